The van der Waals surface area contributed by atoms with Crippen molar-refractivity contribution in [2.24, 2.45) is 0 Å². The Labute approximate surface area is 225 Å². The molecule has 2 aromatic carbocycles. The zero-order chi connectivity index (χ0) is 29.1. The van der Waals surface area contributed by atoms with E-state index in [9.17, 15) is 24.6 Å². The summed E-state index contributed by atoms with van der Waals surface area (Å²) in [6.07, 6.45) is 1.15. The van der Waals surface area contributed by atoms with Crippen molar-refractivity contribution >= 4 is 23.5 Å². The number of esters is 3. The number of ether oxygens (including phenoxy) is 5. The molecule has 0 heterocycles. The first-order valence-corrected chi connectivity index (χ1v) is 11.3. The van der Waals surface area contributed by atoms with E-state index in [4.69, 9.17) is 23.7 Å². The second kappa shape index (κ2) is 14.1. The highest BCUT2D eigenvalue weighted by molar-refractivity contribution is 5.86. The van der Waals surface area contributed by atoms with Crippen LogP contribution in [0.3, 0.4) is 0 Å². The molecule has 0 fully saturated rings. The first kappa shape index (κ1) is 30.3. The summed E-state index contributed by atoms with van der Waals surface area (Å²) < 4.78 is 26.4. The Kier molecular flexibility index (Phi) is 11.0. The van der Waals surface area contributed by atoms with Gasteiger partial charge in [-0.15, -0.1) is 0 Å². The Morgan fingerprint density at radius 3 is 1.79 bits per heavy atom. The molecule has 0 aliphatic carbocycles. The van der Waals surface area contributed by atoms with Crippen molar-refractivity contribution in [1.82, 2.24) is 0 Å². The van der Waals surface area contributed by atoms with Crippen molar-refractivity contribution in [2.45, 2.75) is 26.4 Å². The highest BCUT2D eigenvalue weighted by Crippen LogP contribution is 2.34. The fourth-order valence-corrected chi connectivity index (χ4v) is 2.92. The van der Waals surface area contributed by atoms with E-state index in [0.29, 0.717) is 16.7 Å². The van der Waals surface area contributed by atoms with Gasteiger partial charge in [-0.05, 0) is 48.8 Å². The Morgan fingerprint density at radius 2 is 1.23 bits per heavy atom. The predicted molar refractivity (Wildman–Crippen MR) is 142 cm³/mol. The maximum Gasteiger partial charge on any atom is 0.335 e. The van der Waals surface area contributed by atoms with Gasteiger partial charge in [-0.1, -0.05) is 32.4 Å². The zero-order valence-corrected chi connectivity index (χ0v) is 21.4. The van der Waals surface area contributed by atoms with E-state index in [1.807, 2.05) is 0 Å². The third kappa shape index (κ3) is 8.85. The van der Waals surface area contributed by atoms with Crippen molar-refractivity contribution in [1.29, 1.82) is 0 Å². The lowest BCUT2D eigenvalue weighted by Gasteiger charge is -2.19. The lowest BCUT2D eigenvalue weighted by molar-refractivity contribution is -0.131. The van der Waals surface area contributed by atoms with Gasteiger partial charge in [0, 0.05) is 36.4 Å². The molecule has 2 N–H and O–H groups in total. The lowest BCUT2D eigenvalue weighted by atomic mass is 10.0. The predicted octanol–water partition coefficient (Wildman–Crippen LogP) is 4.03. The van der Waals surface area contributed by atoms with Crippen LogP contribution in [0.4, 0.5) is 0 Å². The molecule has 204 valence electrons. The molecule has 0 radical (unpaired) electrons. The van der Waals surface area contributed by atoms with Crippen molar-refractivity contribution < 1.29 is 48.3 Å². The van der Waals surface area contributed by atoms with Crippen LogP contribution in [0.5, 0.6) is 28.7 Å². The maximum absolute atomic E-state index is 11.8. The van der Waals surface area contributed by atoms with Crippen LogP contribution in [-0.4, -0.2) is 40.7 Å². The molecule has 2 unspecified atom stereocenters. The van der Waals surface area contributed by atoms with E-state index in [2.05, 4.69) is 26.3 Å². The molecule has 10 heteroatoms. The zero-order valence-electron chi connectivity index (χ0n) is 21.4. The average molecular weight is 537 g/mol. The van der Waals surface area contributed by atoms with Gasteiger partial charge in [0.1, 0.15) is 17.2 Å². The molecular weight excluding hydrogens is 508 g/mol. The molecule has 39 heavy (non-hydrogen) atoms. The molecule has 2 rings (SSSR count). The highest BCUT2D eigenvalue weighted by Gasteiger charge is 2.18. The Bertz CT molecular complexity index is 1320. The molecule has 0 aromatic heterocycles. The molecule has 2 aromatic rings. The smallest absolute Gasteiger partial charge is 0.335 e. The molecule has 0 saturated heterocycles. The summed E-state index contributed by atoms with van der Waals surface area (Å²) in [6.45, 7) is 16.7. The molecule has 0 amide bonds. The fraction of sp³-hybridized carbons (Fsp3) is 0.138. The number of rotatable bonds is 13. The van der Waals surface area contributed by atoms with Crippen LogP contribution in [0.1, 0.15) is 19.4 Å². The van der Waals surface area contributed by atoms with Gasteiger partial charge in [0.25, 0.3) is 0 Å². The average Bonchev–Trinajstić information content (AvgIpc) is 2.92. The van der Waals surface area contributed by atoms with E-state index in [-0.39, 0.29) is 28.7 Å². The van der Waals surface area contributed by atoms with Gasteiger partial charge in [0.05, 0.1) is 0 Å². The van der Waals surface area contributed by atoms with E-state index in [1.165, 1.54) is 30.3 Å². The largest absolute Gasteiger partial charge is 0.461 e. The van der Waals surface area contributed by atoms with Crippen LogP contribution in [0, 0.1) is 0 Å². The van der Waals surface area contributed by atoms with E-state index >= 15 is 0 Å². The van der Waals surface area contributed by atoms with E-state index < -0.39 is 30.5 Å². The van der Waals surface area contributed by atoms with Crippen LogP contribution >= 0.6 is 0 Å². The van der Waals surface area contributed by atoms with Crippen molar-refractivity contribution in [2.75, 3.05) is 0 Å². The van der Waals surface area contributed by atoms with Gasteiger partial charge in [0.2, 0.25) is 12.6 Å². The Morgan fingerprint density at radius 1 is 0.718 bits per heavy atom. The van der Waals surface area contributed by atoms with Crippen molar-refractivity contribution in [3.05, 3.63) is 98.2 Å². The number of hydrogen-bond acceptors (Lipinski definition) is 10. The molecule has 0 saturated carbocycles. The SMILES string of the molecule is C=CC(=O)Oc1cc(OC(O)C=C)cc(OC(O)/C(C)=C(\C)c2ccc(OC(=O)C=C)c(OC(=O)C=C)c2)c1. The Hall–Kier alpha value is -4.93. The Balaban J connectivity index is 2.41. The quantitative estimate of drug-likeness (QED) is 0.127. The topological polar surface area (TPSA) is 138 Å². The molecule has 0 aliphatic rings. The molecule has 0 spiro atoms. The van der Waals surface area contributed by atoms with Gasteiger partial charge in [-0.2, -0.15) is 0 Å². The first-order chi connectivity index (χ1) is 18.5. The van der Waals surface area contributed by atoms with E-state index in [0.717, 1.165) is 24.3 Å². The number of benzene rings is 2. The van der Waals surface area contributed by atoms with Gasteiger partial charge in [-0.25, -0.2) is 14.4 Å². The van der Waals surface area contributed by atoms with Crippen LogP contribution in [0.15, 0.2) is 92.6 Å². The van der Waals surface area contributed by atoms with Crippen LogP contribution in [0.2, 0.25) is 0 Å². The number of aliphatic hydroxyl groups excluding tert-OH is 2. The third-order valence-corrected chi connectivity index (χ3v) is 5.04. The second-order valence-electron chi connectivity index (χ2n) is 7.70. The van der Waals surface area contributed by atoms with Crippen molar-refractivity contribution in [3.8, 4) is 28.7 Å². The summed E-state index contributed by atoms with van der Waals surface area (Å²) in [7, 11) is 0. The normalized spacial score (nSPS) is 12.5. The minimum atomic E-state index is -1.50. The van der Waals surface area contributed by atoms with Crippen LogP contribution in [-0.2, 0) is 14.4 Å². The minimum absolute atomic E-state index is 0.00699. The first-order valence-electron chi connectivity index (χ1n) is 11.3. The number of aliphatic hydroxyl groups is 2. The molecule has 0 bridgehead atoms. The molecule has 10 nitrogen and oxygen atoms in total. The fourth-order valence-electron chi connectivity index (χ4n) is 2.92. The van der Waals surface area contributed by atoms with Crippen LogP contribution < -0.4 is 23.7 Å². The lowest BCUT2D eigenvalue weighted by Crippen LogP contribution is -2.18. The van der Waals surface area contributed by atoms with Crippen molar-refractivity contribution in [3.63, 3.8) is 0 Å². The standard InChI is InChI=1S/C29H28O10/c1-7-25(30)35-20-14-21(36-26(31)8-2)16-22(15-20)37-29(34)18(6)17(5)19-11-12-23(38-27(32)9-3)24(13-19)39-28(33)10-4/h7-16,25,29-30,34H,1-4H2,5-6H3/b18-17+. The summed E-state index contributed by atoms with van der Waals surface area (Å²) >= 11 is 0. The summed E-state index contributed by atoms with van der Waals surface area (Å²) in [6, 6.07) is 8.46. The van der Waals surface area contributed by atoms with Gasteiger partial charge < -0.3 is 33.9 Å². The minimum Gasteiger partial charge on any atom is -0.461 e. The summed E-state index contributed by atoms with van der Waals surface area (Å²) in [5, 5.41) is 20.5. The van der Waals surface area contributed by atoms with E-state index in [1.54, 1.807) is 19.9 Å². The summed E-state index contributed by atoms with van der Waals surface area (Å²) in [5.74, 6) is -2.25. The molecular formula is C29H28O10. The maximum atomic E-state index is 11.8. The number of hydrogen-bond donors (Lipinski definition) is 2. The molecule has 2 atom stereocenters. The number of allylic oxidation sites excluding steroid dienone is 1. The summed E-state index contributed by atoms with van der Waals surface area (Å²) in [4.78, 5) is 35.1. The van der Waals surface area contributed by atoms with Gasteiger partial charge in [0.15, 0.2) is 11.5 Å². The van der Waals surface area contributed by atoms with Gasteiger partial charge in [-0.3, -0.25) is 0 Å². The third-order valence-electron chi connectivity index (χ3n) is 5.04. The van der Waals surface area contributed by atoms with Gasteiger partial charge >= 0.3 is 17.9 Å². The monoisotopic (exact) mass is 536 g/mol. The summed E-state index contributed by atoms with van der Waals surface area (Å²) in [5.41, 5.74) is 1.40. The highest BCUT2D eigenvalue weighted by atomic mass is 16.6. The van der Waals surface area contributed by atoms with Crippen LogP contribution in [0.25, 0.3) is 5.57 Å². The number of carbonyl (C=O) groups excluding carboxylic acids is 3. The number of carbonyl (C=O) groups is 3. The molecule has 0 aliphatic heterocycles. The second-order valence-corrected chi connectivity index (χ2v) is 7.70.